The number of nitrogens with zero attached hydrogens (tertiary/aromatic N) is 1. The molecule has 1 aliphatic carbocycles. The lowest BCUT2D eigenvalue weighted by molar-refractivity contribution is -0.380. The summed E-state index contributed by atoms with van der Waals surface area (Å²) in [6.45, 7) is 0. The third kappa shape index (κ3) is 3.72. The van der Waals surface area contributed by atoms with E-state index in [9.17, 15) is 19.7 Å². The Balaban J connectivity index is 1.67. The van der Waals surface area contributed by atoms with Gasteiger partial charge in [-0.05, 0) is 25.0 Å². The Kier molecular flexibility index (Phi) is 4.07. The Hall–Kier alpha value is -2.74. The molecule has 1 saturated carbocycles. The third-order valence-corrected chi connectivity index (χ3v) is 4.14. The Labute approximate surface area is 135 Å². The molecule has 1 amide bonds. The van der Waals surface area contributed by atoms with Crippen LogP contribution in [0.25, 0.3) is 0 Å². The molecule has 0 aliphatic heterocycles. The minimum Gasteiger partial charge on any atom is -0.423 e. The zero-order chi connectivity index (χ0) is 16.4. The summed E-state index contributed by atoms with van der Waals surface area (Å²) in [7, 11) is 0. The second kappa shape index (κ2) is 6.17. The van der Waals surface area contributed by atoms with Crippen LogP contribution in [-0.2, 0) is 4.79 Å². The summed E-state index contributed by atoms with van der Waals surface area (Å²) in [6, 6.07) is 7.64. The van der Waals surface area contributed by atoms with Crippen LogP contribution in [0.2, 0.25) is 0 Å². The highest BCUT2D eigenvalue weighted by Gasteiger charge is 2.29. The van der Waals surface area contributed by atoms with Crippen molar-refractivity contribution in [3.63, 3.8) is 0 Å². The molecule has 1 heterocycles. The van der Waals surface area contributed by atoms with Gasteiger partial charge in [0.15, 0.2) is 0 Å². The van der Waals surface area contributed by atoms with Crippen molar-refractivity contribution in [2.24, 2.45) is 5.92 Å². The number of rotatable bonds is 5. The Bertz CT molecular complexity index is 782. The predicted octanol–water partition coefficient (Wildman–Crippen LogP) is 3.22. The van der Waals surface area contributed by atoms with E-state index in [4.69, 9.17) is 4.74 Å². The van der Waals surface area contributed by atoms with Crippen LogP contribution in [-0.4, -0.2) is 16.8 Å². The first-order valence-electron chi connectivity index (χ1n) is 6.89. The fourth-order valence-corrected chi connectivity index (χ4v) is 2.61. The first-order chi connectivity index (χ1) is 11.0. The number of nitro groups is 1. The van der Waals surface area contributed by atoms with Crippen molar-refractivity contribution in [3.05, 3.63) is 51.4 Å². The summed E-state index contributed by atoms with van der Waals surface area (Å²) < 4.78 is 5.19. The first kappa shape index (κ1) is 15.2. The molecule has 3 rings (SSSR count). The lowest BCUT2D eigenvalue weighted by Gasteiger charge is -2.07. The molecule has 1 aromatic carbocycles. The summed E-state index contributed by atoms with van der Waals surface area (Å²) in [6.07, 6.45) is 1.80. The van der Waals surface area contributed by atoms with Gasteiger partial charge in [0, 0.05) is 29.1 Å². The molecule has 0 spiro atoms. The quantitative estimate of drug-likeness (QED) is 0.392. The molecule has 1 aliphatic rings. The van der Waals surface area contributed by atoms with Crippen LogP contribution in [0.5, 0.6) is 5.75 Å². The van der Waals surface area contributed by atoms with Gasteiger partial charge in [-0.2, -0.15) is 0 Å². The maximum Gasteiger partial charge on any atom is 0.344 e. The van der Waals surface area contributed by atoms with Gasteiger partial charge in [-0.1, -0.05) is 17.4 Å². The van der Waals surface area contributed by atoms with E-state index in [2.05, 4.69) is 5.32 Å². The van der Waals surface area contributed by atoms with Gasteiger partial charge in [0.05, 0.1) is 10.5 Å². The van der Waals surface area contributed by atoms with Gasteiger partial charge >= 0.3 is 11.0 Å². The topological polar surface area (TPSA) is 98.5 Å². The SMILES string of the molecule is O=C(Oc1cccc(NC(=O)C2CC2)c1)c1csc([N+](=O)[O-])c1. The van der Waals surface area contributed by atoms with Crippen LogP contribution < -0.4 is 10.1 Å². The van der Waals surface area contributed by atoms with Crippen molar-refractivity contribution >= 4 is 33.9 Å². The minimum atomic E-state index is -0.681. The number of anilines is 1. The van der Waals surface area contributed by atoms with E-state index in [1.807, 2.05) is 0 Å². The maximum absolute atomic E-state index is 12.0. The van der Waals surface area contributed by atoms with Gasteiger partial charge in [-0.3, -0.25) is 14.9 Å². The highest BCUT2D eigenvalue weighted by atomic mass is 32.1. The number of hydrogen-bond donors (Lipinski definition) is 1. The number of carbonyl (C=O) groups excluding carboxylic acids is 2. The second-order valence-electron chi connectivity index (χ2n) is 5.11. The number of esters is 1. The van der Waals surface area contributed by atoms with Crippen LogP contribution in [0, 0.1) is 16.0 Å². The molecule has 7 nitrogen and oxygen atoms in total. The normalized spacial score (nSPS) is 13.4. The van der Waals surface area contributed by atoms with Crippen molar-refractivity contribution in [1.82, 2.24) is 0 Å². The zero-order valence-electron chi connectivity index (χ0n) is 11.9. The molecule has 1 fully saturated rings. The van der Waals surface area contributed by atoms with Gasteiger partial charge in [-0.25, -0.2) is 4.79 Å². The molecule has 1 N–H and O–H groups in total. The third-order valence-electron chi connectivity index (χ3n) is 3.26. The molecule has 23 heavy (non-hydrogen) atoms. The Morgan fingerprint density at radius 1 is 1.30 bits per heavy atom. The minimum absolute atomic E-state index is 0.0399. The number of nitrogens with one attached hydrogen (secondary N) is 1. The van der Waals surface area contributed by atoms with Gasteiger partial charge in [0.2, 0.25) is 5.91 Å². The molecule has 0 radical (unpaired) electrons. The Morgan fingerprint density at radius 3 is 2.74 bits per heavy atom. The molecule has 0 saturated heterocycles. The predicted molar refractivity (Wildman–Crippen MR) is 83.7 cm³/mol. The average Bonchev–Trinajstić information content (AvgIpc) is 3.24. The number of hydrogen-bond acceptors (Lipinski definition) is 6. The van der Waals surface area contributed by atoms with Crippen LogP contribution in [0.4, 0.5) is 10.7 Å². The number of benzene rings is 1. The van der Waals surface area contributed by atoms with Crippen molar-refractivity contribution in [1.29, 1.82) is 0 Å². The molecule has 118 valence electrons. The van der Waals surface area contributed by atoms with E-state index in [1.165, 1.54) is 11.4 Å². The summed E-state index contributed by atoms with van der Waals surface area (Å²) in [5.74, 6) is -0.382. The summed E-state index contributed by atoms with van der Waals surface area (Å²) >= 11 is 0.861. The maximum atomic E-state index is 12.0. The second-order valence-corrected chi connectivity index (χ2v) is 6.00. The standard InChI is InChI=1S/C15H12N2O5S/c18-14(9-4-5-9)16-11-2-1-3-12(7-11)22-15(19)10-6-13(17(20)21)23-8-10/h1-3,6-9H,4-5H2,(H,16,18). The van der Waals surface area contributed by atoms with Gasteiger partial charge < -0.3 is 10.1 Å². The largest absolute Gasteiger partial charge is 0.423 e. The van der Waals surface area contributed by atoms with E-state index >= 15 is 0 Å². The van der Waals surface area contributed by atoms with Crippen LogP contribution in [0.15, 0.2) is 35.7 Å². The number of amides is 1. The Morgan fingerprint density at radius 2 is 2.09 bits per heavy atom. The molecular weight excluding hydrogens is 320 g/mol. The van der Waals surface area contributed by atoms with E-state index < -0.39 is 10.9 Å². The fourth-order valence-electron chi connectivity index (χ4n) is 1.92. The lowest BCUT2D eigenvalue weighted by atomic mass is 10.2. The van der Waals surface area contributed by atoms with Gasteiger partial charge in [0.1, 0.15) is 5.75 Å². The lowest BCUT2D eigenvalue weighted by Crippen LogP contribution is -2.13. The van der Waals surface area contributed by atoms with E-state index in [-0.39, 0.29) is 28.1 Å². The number of carbonyl (C=O) groups is 2. The number of ether oxygens (including phenoxy) is 1. The summed E-state index contributed by atoms with van der Waals surface area (Å²) in [5.41, 5.74) is 0.664. The van der Waals surface area contributed by atoms with Crippen molar-refractivity contribution in [3.8, 4) is 5.75 Å². The molecular formula is C15H12N2O5S. The number of thiophene rings is 1. The van der Waals surface area contributed by atoms with E-state index in [1.54, 1.807) is 24.3 Å². The highest BCUT2D eigenvalue weighted by molar-refractivity contribution is 7.13. The monoisotopic (exact) mass is 332 g/mol. The van der Waals surface area contributed by atoms with E-state index in [0.717, 1.165) is 24.2 Å². The molecule has 2 aromatic rings. The highest BCUT2D eigenvalue weighted by Crippen LogP contribution is 2.30. The smallest absolute Gasteiger partial charge is 0.344 e. The van der Waals surface area contributed by atoms with Crippen LogP contribution >= 0.6 is 11.3 Å². The van der Waals surface area contributed by atoms with E-state index in [0.29, 0.717) is 5.69 Å². The van der Waals surface area contributed by atoms with Gasteiger partial charge in [0.25, 0.3) is 0 Å². The fraction of sp³-hybridized carbons (Fsp3) is 0.200. The van der Waals surface area contributed by atoms with Gasteiger partial charge in [-0.15, -0.1) is 0 Å². The zero-order valence-corrected chi connectivity index (χ0v) is 12.7. The van der Waals surface area contributed by atoms with Crippen molar-refractivity contribution < 1.29 is 19.2 Å². The average molecular weight is 332 g/mol. The molecule has 1 aromatic heterocycles. The van der Waals surface area contributed by atoms with Crippen LogP contribution in [0.3, 0.4) is 0 Å². The van der Waals surface area contributed by atoms with Crippen LogP contribution in [0.1, 0.15) is 23.2 Å². The van der Waals surface area contributed by atoms with Crippen molar-refractivity contribution in [2.45, 2.75) is 12.8 Å². The molecule has 0 bridgehead atoms. The summed E-state index contributed by atoms with van der Waals surface area (Å²) in [4.78, 5) is 33.8. The molecule has 0 atom stereocenters. The van der Waals surface area contributed by atoms with Crippen molar-refractivity contribution in [2.75, 3.05) is 5.32 Å². The molecule has 0 unspecified atom stereocenters. The summed E-state index contributed by atoms with van der Waals surface area (Å²) in [5, 5.41) is 14.6. The molecule has 8 heteroatoms. The first-order valence-corrected chi connectivity index (χ1v) is 7.77.